The van der Waals surface area contributed by atoms with Crippen molar-refractivity contribution in [1.29, 1.82) is 0 Å². The lowest BCUT2D eigenvalue weighted by molar-refractivity contribution is -0.135. The minimum absolute atomic E-state index is 0.0185. The van der Waals surface area contributed by atoms with E-state index in [0.717, 1.165) is 11.3 Å². The average Bonchev–Trinajstić information content (AvgIpc) is 2.44. The molecular formula is C15H23NO3. The van der Waals surface area contributed by atoms with Crippen LogP contribution in [0.4, 0.5) is 0 Å². The van der Waals surface area contributed by atoms with Gasteiger partial charge in [-0.15, -0.1) is 0 Å². The number of amides is 1. The average molecular weight is 265 g/mol. The fraction of sp³-hybridized carbons (Fsp3) is 0.533. The SMILES string of the molecule is COc1ccccc1CCC(=O)N(C)C(C)(C)CO. The van der Waals surface area contributed by atoms with Crippen LogP contribution in [0.15, 0.2) is 24.3 Å². The normalized spacial score (nSPS) is 11.2. The minimum atomic E-state index is -0.530. The highest BCUT2D eigenvalue weighted by molar-refractivity contribution is 5.77. The molecule has 19 heavy (non-hydrogen) atoms. The molecule has 0 radical (unpaired) electrons. The maximum Gasteiger partial charge on any atom is 0.223 e. The Kier molecular flexibility index (Phi) is 5.36. The van der Waals surface area contributed by atoms with Crippen LogP contribution in [0, 0.1) is 0 Å². The number of methoxy groups -OCH3 is 1. The molecule has 0 aliphatic rings. The first-order valence-corrected chi connectivity index (χ1v) is 6.42. The van der Waals surface area contributed by atoms with Crippen molar-refractivity contribution in [2.75, 3.05) is 20.8 Å². The fourth-order valence-electron chi connectivity index (χ4n) is 1.76. The van der Waals surface area contributed by atoms with Gasteiger partial charge >= 0.3 is 0 Å². The van der Waals surface area contributed by atoms with E-state index in [2.05, 4.69) is 0 Å². The van der Waals surface area contributed by atoms with E-state index in [0.29, 0.717) is 12.8 Å². The van der Waals surface area contributed by atoms with Crippen LogP contribution in [0.3, 0.4) is 0 Å². The van der Waals surface area contributed by atoms with Gasteiger partial charge in [-0.2, -0.15) is 0 Å². The van der Waals surface area contributed by atoms with E-state index in [9.17, 15) is 9.90 Å². The van der Waals surface area contributed by atoms with Crippen molar-refractivity contribution < 1.29 is 14.6 Å². The number of ether oxygens (including phenoxy) is 1. The molecule has 1 amide bonds. The van der Waals surface area contributed by atoms with E-state index < -0.39 is 5.54 Å². The molecule has 1 N–H and O–H groups in total. The molecule has 0 spiro atoms. The maximum absolute atomic E-state index is 12.1. The number of aryl methyl sites for hydroxylation is 1. The Hall–Kier alpha value is -1.55. The zero-order valence-corrected chi connectivity index (χ0v) is 12.1. The van der Waals surface area contributed by atoms with E-state index >= 15 is 0 Å². The second-order valence-corrected chi connectivity index (χ2v) is 5.24. The Balaban J connectivity index is 2.64. The number of carbonyl (C=O) groups is 1. The number of benzene rings is 1. The zero-order valence-electron chi connectivity index (χ0n) is 12.1. The first-order valence-electron chi connectivity index (χ1n) is 6.42. The summed E-state index contributed by atoms with van der Waals surface area (Å²) in [6, 6.07) is 7.69. The molecular weight excluding hydrogens is 242 g/mol. The zero-order chi connectivity index (χ0) is 14.5. The Morgan fingerprint density at radius 2 is 2.00 bits per heavy atom. The van der Waals surface area contributed by atoms with Crippen LogP contribution in [0.25, 0.3) is 0 Å². The summed E-state index contributed by atoms with van der Waals surface area (Å²) in [4.78, 5) is 13.7. The quantitative estimate of drug-likeness (QED) is 0.854. The molecule has 0 aromatic heterocycles. The van der Waals surface area contributed by atoms with Crippen molar-refractivity contribution in [3.05, 3.63) is 29.8 Å². The van der Waals surface area contributed by atoms with Crippen LogP contribution < -0.4 is 4.74 Å². The Morgan fingerprint density at radius 3 is 2.58 bits per heavy atom. The molecule has 0 unspecified atom stereocenters. The number of aliphatic hydroxyl groups is 1. The highest BCUT2D eigenvalue weighted by atomic mass is 16.5. The lowest BCUT2D eigenvalue weighted by atomic mass is 10.0. The standard InChI is InChI=1S/C15H23NO3/c1-15(2,11-17)16(3)14(18)10-9-12-7-5-6-8-13(12)19-4/h5-8,17H,9-11H2,1-4H3. The third-order valence-electron chi connectivity index (χ3n) is 3.47. The summed E-state index contributed by atoms with van der Waals surface area (Å²) in [5, 5.41) is 9.27. The summed E-state index contributed by atoms with van der Waals surface area (Å²) in [5.41, 5.74) is 0.492. The smallest absolute Gasteiger partial charge is 0.223 e. The molecule has 0 aliphatic carbocycles. The van der Waals surface area contributed by atoms with E-state index in [4.69, 9.17) is 4.74 Å². The molecule has 1 aromatic carbocycles. The minimum Gasteiger partial charge on any atom is -0.496 e. The summed E-state index contributed by atoms with van der Waals surface area (Å²) >= 11 is 0. The van der Waals surface area contributed by atoms with Crippen LogP contribution in [0.2, 0.25) is 0 Å². The number of carbonyl (C=O) groups excluding carboxylic acids is 1. The van der Waals surface area contributed by atoms with Gasteiger partial charge in [0.1, 0.15) is 5.75 Å². The van der Waals surface area contributed by atoms with Crippen LogP contribution >= 0.6 is 0 Å². The Labute approximate surface area is 115 Å². The van der Waals surface area contributed by atoms with Gasteiger partial charge in [-0.25, -0.2) is 0 Å². The van der Waals surface area contributed by atoms with Crippen molar-refractivity contribution in [2.24, 2.45) is 0 Å². The summed E-state index contributed by atoms with van der Waals surface area (Å²) in [7, 11) is 3.35. The third kappa shape index (κ3) is 3.96. The van der Waals surface area contributed by atoms with Gasteiger partial charge in [0.15, 0.2) is 0 Å². The largest absolute Gasteiger partial charge is 0.496 e. The van der Waals surface area contributed by atoms with Gasteiger partial charge in [-0.05, 0) is 31.9 Å². The topological polar surface area (TPSA) is 49.8 Å². The molecule has 0 saturated carbocycles. The van der Waals surface area contributed by atoms with Gasteiger partial charge in [0.25, 0.3) is 0 Å². The second kappa shape index (κ2) is 6.57. The Morgan fingerprint density at radius 1 is 1.37 bits per heavy atom. The maximum atomic E-state index is 12.1. The molecule has 0 bridgehead atoms. The highest BCUT2D eigenvalue weighted by Gasteiger charge is 2.26. The number of hydrogen-bond acceptors (Lipinski definition) is 3. The van der Waals surface area contributed by atoms with Crippen molar-refractivity contribution in [1.82, 2.24) is 4.90 Å². The van der Waals surface area contributed by atoms with Gasteiger partial charge in [0.2, 0.25) is 5.91 Å². The van der Waals surface area contributed by atoms with Crippen molar-refractivity contribution in [3.8, 4) is 5.75 Å². The molecule has 0 saturated heterocycles. The van der Waals surface area contributed by atoms with Crippen LogP contribution in [-0.4, -0.2) is 42.2 Å². The van der Waals surface area contributed by atoms with Crippen LogP contribution in [-0.2, 0) is 11.2 Å². The summed E-state index contributed by atoms with van der Waals surface area (Å²) in [6.45, 7) is 3.63. The summed E-state index contributed by atoms with van der Waals surface area (Å²) in [5.74, 6) is 0.823. The predicted molar refractivity (Wildman–Crippen MR) is 75.2 cm³/mol. The summed E-state index contributed by atoms with van der Waals surface area (Å²) in [6.07, 6.45) is 1.04. The van der Waals surface area contributed by atoms with Crippen molar-refractivity contribution in [3.63, 3.8) is 0 Å². The summed E-state index contributed by atoms with van der Waals surface area (Å²) < 4.78 is 5.26. The predicted octanol–water partition coefficient (Wildman–Crippen LogP) is 1.86. The molecule has 106 valence electrons. The number of likely N-dealkylation sites (N-methyl/N-ethyl adjacent to an activating group) is 1. The second-order valence-electron chi connectivity index (χ2n) is 5.24. The molecule has 0 fully saturated rings. The van der Waals surface area contributed by atoms with E-state index in [1.165, 1.54) is 0 Å². The van der Waals surface area contributed by atoms with Crippen molar-refractivity contribution >= 4 is 5.91 Å². The Bertz CT molecular complexity index is 429. The van der Waals surface area contributed by atoms with Crippen molar-refractivity contribution in [2.45, 2.75) is 32.2 Å². The molecule has 0 atom stereocenters. The number of aliphatic hydroxyl groups excluding tert-OH is 1. The molecule has 0 heterocycles. The molecule has 4 heteroatoms. The highest BCUT2D eigenvalue weighted by Crippen LogP contribution is 2.20. The fourth-order valence-corrected chi connectivity index (χ4v) is 1.76. The molecule has 1 rings (SSSR count). The first-order chi connectivity index (χ1) is 8.92. The number of rotatable bonds is 6. The van der Waals surface area contributed by atoms with E-state index in [1.54, 1.807) is 19.1 Å². The van der Waals surface area contributed by atoms with Gasteiger partial charge in [0.05, 0.1) is 19.3 Å². The van der Waals surface area contributed by atoms with Gasteiger partial charge < -0.3 is 14.7 Å². The lowest BCUT2D eigenvalue weighted by Crippen LogP contribution is -2.47. The van der Waals surface area contributed by atoms with Gasteiger partial charge in [-0.1, -0.05) is 18.2 Å². The van der Waals surface area contributed by atoms with Gasteiger partial charge in [0, 0.05) is 13.5 Å². The molecule has 1 aromatic rings. The molecule has 4 nitrogen and oxygen atoms in total. The van der Waals surface area contributed by atoms with E-state index in [-0.39, 0.29) is 12.5 Å². The van der Waals surface area contributed by atoms with Crippen LogP contribution in [0.5, 0.6) is 5.75 Å². The number of para-hydroxylation sites is 1. The monoisotopic (exact) mass is 265 g/mol. The number of hydrogen-bond donors (Lipinski definition) is 1. The van der Waals surface area contributed by atoms with Gasteiger partial charge in [-0.3, -0.25) is 4.79 Å². The van der Waals surface area contributed by atoms with E-state index in [1.807, 2.05) is 38.1 Å². The molecule has 0 aliphatic heterocycles. The third-order valence-corrected chi connectivity index (χ3v) is 3.47. The number of nitrogens with zero attached hydrogens (tertiary/aromatic N) is 1. The van der Waals surface area contributed by atoms with Crippen LogP contribution in [0.1, 0.15) is 25.8 Å². The lowest BCUT2D eigenvalue weighted by Gasteiger charge is -2.34. The first kappa shape index (κ1) is 15.5.